The first-order valence-electron chi connectivity index (χ1n) is 18.3. The van der Waals surface area contributed by atoms with Crippen LogP contribution in [0.3, 0.4) is 0 Å². The molecule has 6 rings (SSSR count). The molecule has 4 aromatic carbocycles. The van der Waals surface area contributed by atoms with E-state index in [-0.39, 0.29) is 32.3 Å². The second-order valence-electron chi connectivity index (χ2n) is 13.3. The summed E-state index contributed by atoms with van der Waals surface area (Å²) in [6.45, 7) is 0.0252. The monoisotopic (exact) mass is 771 g/mol. The third-order valence-corrected chi connectivity index (χ3v) is 9.87. The molecule has 2 heterocycles. The van der Waals surface area contributed by atoms with Crippen LogP contribution in [0, 0.1) is 0 Å². The van der Waals surface area contributed by atoms with Crippen molar-refractivity contribution in [2.45, 2.75) is 71.1 Å². The first kappa shape index (κ1) is 39.6. The maximum absolute atomic E-state index is 12.6. The molecule has 1 amide bonds. The van der Waals surface area contributed by atoms with Crippen LogP contribution < -0.4 is 24.8 Å². The molecule has 13 heteroatoms. The molecule has 55 heavy (non-hydrogen) atoms. The van der Waals surface area contributed by atoms with Gasteiger partial charge in [-0.05, 0) is 95.8 Å². The number of nitrogens with one attached hydrogen (secondary N) is 2. The van der Waals surface area contributed by atoms with E-state index in [0.29, 0.717) is 86.0 Å². The van der Waals surface area contributed by atoms with E-state index in [1.807, 2.05) is 36.4 Å². The fourth-order valence-electron chi connectivity index (χ4n) is 6.64. The van der Waals surface area contributed by atoms with Crippen LogP contribution in [0.5, 0.6) is 17.2 Å². The normalized spacial score (nSPS) is 13.6. The number of rotatable bonds is 19. The zero-order chi connectivity index (χ0) is 38.7. The van der Waals surface area contributed by atoms with Crippen molar-refractivity contribution in [3.8, 4) is 39.8 Å². The molecule has 0 radical (unpaired) electrons. The van der Waals surface area contributed by atoms with Crippen molar-refractivity contribution in [3.05, 3.63) is 111 Å². The largest absolute Gasteiger partial charge is 0.493 e. The molecule has 1 unspecified atom stereocenters. The van der Waals surface area contributed by atoms with E-state index in [9.17, 15) is 25.2 Å². The summed E-state index contributed by atoms with van der Waals surface area (Å²) >= 11 is 6.05. The van der Waals surface area contributed by atoms with Gasteiger partial charge in [0.05, 0.1) is 52.3 Å². The zero-order valence-corrected chi connectivity index (χ0v) is 31.4. The molecule has 0 saturated heterocycles. The van der Waals surface area contributed by atoms with Crippen molar-refractivity contribution < 1.29 is 44.0 Å². The lowest BCUT2D eigenvalue weighted by Crippen LogP contribution is -2.38. The molecule has 5 aromatic rings. The van der Waals surface area contributed by atoms with E-state index in [0.717, 1.165) is 49.7 Å². The fourth-order valence-corrected chi connectivity index (χ4v) is 6.81. The fraction of sp³-hybridized carbons (Fsp3) is 0.333. The van der Waals surface area contributed by atoms with Crippen molar-refractivity contribution in [2.75, 3.05) is 25.6 Å². The number of methoxy groups -OCH3 is 1. The number of ether oxygens (including phenoxy) is 3. The van der Waals surface area contributed by atoms with Gasteiger partial charge in [0.1, 0.15) is 17.6 Å². The highest BCUT2D eigenvalue weighted by Crippen LogP contribution is 2.36. The van der Waals surface area contributed by atoms with Crippen LogP contribution in [0.4, 0.5) is 5.69 Å². The molecule has 0 aliphatic carbocycles. The van der Waals surface area contributed by atoms with Gasteiger partial charge >= 0.3 is 0 Å². The van der Waals surface area contributed by atoms with E-state index in [1.54, 1.807) is 43.5 Å². The molecule has 1 aliphatic rings. The molecule has 1 aliphatic heterocycles. The average molecular weight is 772 g/mol. The highest BCUT2D eigenvalue weighted by atomic mass is 35.5. The predicted octanol–water partition coefficient (Wildman–Crippen LogP) is 7.29. The first-order chi connectivity index (χ1) is 26.8. The number of carbonyl (C=O) groups excluding carboxylic acids is 1. The minimum Gasteiger partial charge on any atom is -0.493 e. The molecule has 1 atom stereocenters. The molecule has 0 saturated carbocycles. The maximum atomic E-state index is 12.6. The Bertz CT molecular complexity index is 2060. The second kappa shape index (κ2) is 19.0. The quantitative estimate of drug-likeness (QED) is 0.0465. The number of nitrogens with zero attached hydrogens (tertiary/aromatic N) is 1. The Labute approximate surface area is 324 Å². The van der Waals surface area contributed by atoms with Crippen LogP contribution >= 0.6 is 11.6 Å². The van der Waals surface area contributed by atoms with Crippen LogP contribution in [0.25, 0.3) is 22.6 Å². The molecule has 12 nitrogen and oxygen atoms in total. The van der Waals surface area contributed by atoms with Crippen LogP contribution in [-0.2, 0) is 26.4 Å². The molecule has 290 valence electrons. The van der Waals surface area contributed by atoms with Crippen molar-refractivity contribution in [2.24, 2.45) is 0 Å². The van der Waals surface area contributed by atoms with E-state index in [2.05, 4.69) is 15.8 Å². The van der Waals surface area contributed by atoms with E-state index < -0.39 is 6.17 Å². The summed E-state index contributed by atoms with van der Waals surface area (Å²) in [5.41, 5.74) is 6.13. The summed E-state index contributed by atoms with van der Waals surface area (Å²) in [5.74, 6) is 2.13. The first-order valence-corrected chi connectivity index (χ1v) is 18.7. The number of anilines is 1. The smallest absolute Gasteiger partial charge is 0.255 e. The molecule has 0 bridgehead atoms. The Morgan fingerprint density at radius 1 is 0.691 bits per heavy atom. The van der Waals surface area contributed by atoms with Gasteiger partial charge in [-0.2, -0.15) is 0 Å². The van der Waals surface area contributed by atoms with Gasteiger partial charge in [0.15, 0.2) is 17.3 Å². The minimum atomic E-state index is -0.444. The topological polar surface area (TPSA) is 176 Å². The second-order valence-corrected chi connectivity index (χ2v) is 13.7. The molecule has 0 spiro atoms. The zero-order valence-electron chi connectivity index (χ0n) is 30.6. The number of aromatic nitrogens is 1. The van der Waals surface area contributed by atoms with Crippen molar-refractivity contribution in [3.63, 3.8) is 0 Å². The minimum absolute atomic E-state index is 0.184. The highest BCUT2D eigenvalue weighted by molar-refractivity contribution is 6.31. The maximum Gasteiger partial charge on any atom is 0.255 e. The van der Waals surface area contributed by atoms with Gasteiger partial charge in [-0.1, -0.05) is 48.5 Å². The standard InChI is InChI=1S/C42H46ClN3O9/c1-52-38-13-8-26(39-21-36(46-55-39)28-17-29(22-47)34(25-50)30(18-28)23-48)19-40(38)54-15-7-5-3-2-4-6-14-53-37-12-9-27(16-31(37)24-49)41-44-35-11-10-32(43)20-33(35)42(51)45-41/h8-13,16-21,41,44,47-50H,2-7,14-15,22-25H2,1H3,(H,45,51). The number of unbranched alkanes of at least 4 members (excludes halogenated alkanes) is 5. The van der Waals surface area contributed by atoms with Crippen molar-refractivity contribution >= 4 is 23.2 Å². The van der Waals surface area contributed by atoms with Crippen molar-refractivity contribution in [1.29, 1.82) is 0 Å². The number of fused-ring (bicyclic) bond motifs is 1. The molecular weight excluding hydrogens is 726 g/mol. The van der Waals surface area contributed by atoms with Gasteiger partial charge in [-0.25, -0.2) is 0 Å². The number of hydrogen-bond acceptors (Lipinski definition) is 11. The number of aliphatic hydroxyl groups is 4. The van der Waals surface area contributed by atoms with Crippen LogP contribution in [0.1, 0.15) is 82.9 Å². The third-order valence-electron chi connectivity index (χ3n) is 9.63. The van der Waals surface area contributed by atoms with Gasteiger partial charge in [0.25, 0.3) is 5.91 Å². The molecule has 6 N–H and O–H groups in total. The highest BCUT2D eigenvalue weighted by Gasteiger charge is 2.25. The Kier molecular flexibility index (Phi) is 13.6. The molecular formula is C42H46ClN3O9. The predicted molar refractivity (Wildman–Crippen MR) is 208 cm³/mol. The van der Waals surface area contributed by atoms with E-state index >= 15 is 0 Å². The lowest BCUT2D eigenvalue weighted by Gasteiger charge is -2.28. The lowest BCUT2D eigenvalue weighted by atomic mass is 9.97. The summed E-state index contributed by atoms with van der Waals surface area (Å²) < 4.78 is 23.3. The Balaban J connectivity index is 0.923. The van der Waals surface area contributed by atoms with E-state index in [4.69, 9.17) is 30.3 Å². The number of benzene rings is 4. The van der Waals surface area contributed by atoms with Gasteiger partial charge in [0, 0.05) is 33.5 Å². The Hall–Kier alpha value is -5.11. The molecule has 0 fully saturated rings. The van der Waals surface area contributed by atoms with Gasteiger partial charge in [-0.15, -0.1) is 0 Å². The van der Waals surface area contributed by atoms with Crippen LogP contribution in [0.15, 0.2) is 77.3 Å². The summed E-state index contributed by atoms with van der Waals surface area (Å²) in [4.78, 5) is 12.6. The van der Waals surface area contributed by atoms with Crippen LogP contribution in [0.2, 0.25) is 5.02 Å². The summed E-state index contributed by atoms with van der Waals surface area (Å²) in [5, 5.41) is 50.3. The summed E-state index contributed by atoms with van der Waals surface area (Å²) in [6, 6.07) is 21.5. The number of aliphatic hydroxyl groups excluding tert-OH is 4. The van der Waals surface area contributed by atoms with Gasteiger partial charge in [0.2, 0.25) is 0 Å². The summed E-state index contributed by atoms with van der Waals surface area (Å²) in [7, 11) is 1.59. The molecule has 1 aromatic heterocycles. The number of carbonyl (C=O) groups is 1. The number of hydrogen-bond donors (Lipinski definition) is 6. The lowest BCUT2D eigenvalue weighted by molar-refractivity contribution is 0.0935. The van der Waals surface area contributed by atoms with Crippen LogP contribution in [-0.4, -0.2) is 51.8 Å². The number of amides is 1. The Morgan fingerprint density at radius 2 is 1.36 bits per heavy atom. The van der Waals surface area contributed by atoms with E-state index in [1.165, 1.54) is 0 Å². The number of halogens is 1. The average Bonchev–Trinajstić information content (AvgIpc) is 3.71. The third kappa shape index (κ3) is 9.59. The Morgan fingerprint density at radius 3 is 2.04 bits per heavy atom. The van der Waals surface area contributed by atoms with Gasteiger partial charge in [-0.3, -0.25) is 4.79 Å². The summed E-state index contributed by atoms with van der Waals surface area (Å²) in [6.07, 6.45) is 5.46. The SMILES string of the molecule is COc1ccc(-c2cc(-c3cc(CO)c(CO)c(CO)c3)no2)cc1OCCCCCCCCOc1ccc(C2NC(=O)c3cc(Cl)ccc3N2)cc1CO. The van der Waals surface area contributed by atoms with Crippen molar-refractivity contribution in [1.82, 2.24) is 10.5 Å². The van der Waals surface area contributed by atoms with Gasteiger partial charge < -0.3 is 49.8 Å².